The topological polar surface area (TPSA) is 54.3 Å². The van der Waals surface area contributed by atoms with Gasteiger partial charge in [0, 0.05) is 43.8 Å². The average Bonchev–Trinajstić information content (AvgIpc) is 3.11. The molecule has 0 spiro atoms. The van der Waals surface area contributed by atoms with E-state index in [4.69, 9.17) is 27.9 Å². The van der Waals surface area contributed by atoms with Gasteiger partial charge in [-0.1, -0.05) is 41.4 Å². The molecule has 1 aromatic heterocycles. The van der Waals surface area contributed by atoms with Crippen molar-refractivity contribution < 1.29 is 48.6 Å². The Morgan fingerprint density at radius 3 is 2.48 bits per heavy atom. The van der Waals surface area contributed by atoms with Gasteiger partial charge in [-0.15, -0.1) is 0 Å². The van der Waals surface area contributed by atoms with Gasteiger partial charge in [-0.3, -0.25) is 0 Å². The Balaban J connectivity index is 0.00000272. The van der Waals surface area contributed by atoms with E-state index in [-0.39, 0.29) is 41.7 Å². The number of benzene rings is 3. The summed E-state index contributed by atoms with van der Waals surface area (Å²) in [5.74, 6) is -1.12. The van der Waals surface area contributed by atoms with Gasteiger partial charge in [-0.05, 0) is 42.5 Å². The molecule has 4 rings (SSSR count). The first-order valence-corrected chi connectivity index (χ1v) is 9.82. The predicted octanol–water partition coefficient (Wildman–Crippen LogP) is 2.08. The average molecular weight is 466 g/mol. The third-order valence-electron chi connectivity index (χ3n) is 4.80. The molecule has 0 bridgehead atoms. The quantitative estimate of drug-likeness (QED) is 0.409. The van der Waals surface area contributed by atoms with Crippen LogP contribution < -0.4 is 39.4 Å². The summed E-state index contributed by atoms with van der Waals surface area (Å²) >= 11 is 12.0. The molecule has 0 amide bonds. The molecule has 0 N–H and O–H groups in total. The van der Waals surface area contributed by atoms with Crippen LogP contribution in [0.25, 0.3) is 10.9 Å². The van der Waals surface area contributed by atoms with Crippen molar-refractivity contribution in [3.63, 3.8) is 0 Å². The molecule has 3 aromatic carbocycles. The third-order valence-corrected chi connectivity index (χ3v) is 5.27. The molecule has 0 aliphatic rings. The monoisotopic (exact) mass is 465 g/mol. The Hall–Kier alpha value is -2.02. The van der Waals surface area contributed by atoms with Crippen LogP contribution >= 0.6 is 23.2 Å². The molecule has 4 nitrogen and oxygen atoms in total. The van der Waals surface area contributed by atoms with Crippen LogP contribution in [0.1, 0.15) is 21.5 Å². The molecule has 0 saturated heterocycles. The van der Waals surface area contributed by atoms with E-state index in [1.54, 1.807) is 48.7 Å². The fourth-order valence-corrected chi connectivity index (χ4v) is 3.68. The molecule has 1 heterocycles. The number of rotatable bonds is 6. The van der Waals surface area contributed by atoms with Crippen molar-refractivity contribution in [2.75, 3.05) is 0 Å². The maximum absolute atomic E-state index is 14.1. The van der Waals surface area contributed by atoms with Crippen LogP contribution in [-0.2, 0) is 13.2 Å². The Bertz CT molecular complexity index is 1260. The zero-order valence-corrected chi connectivity index (χ0v) is 20.1. The number of aromatic nitrogens is 1. The second kappa shape index (κ2) is 10.1. The first-order chi connectivity index (χ1) is 14.4. The van der Waals surface area contributed by atoms with Crippen LogP contribution in [0.2, 0.25) is 10.0 Å². The van der Waals surface area contributed by atoms with Crippen molar-refractivity contribution in [2.45, 2.75) is 13.2 Å². The summed E-state index contributed by atoms with van der Waals surface area (Å²) in [4.78, 5) is 11.4. The number of ether oxygens (including phenoxy) is 1. The maximum Gasteiger partial charge on any atom is 1.00 e. The standard InChI is InChI=1S/C23H16Cl2FNO3.Na/c24-16-6-7-22(30-13-14-4-5-17(25)11-20(14)26)15(10-16)12-27-9-8-18-19(23(28)29)2-1-3-21(18)27;/h1-11H,12-13H2,(H,28,29);/q;+1/p-1. The number of hydrogen-bond acceptors (Lipinski definition) is 3. The van der Waals surface area contributed by atoms with E-state index in [1.807, 2.05) is 10.6 Å². The SMILES string of the molecule is O=C([O-])c1cccc2c1ccn2Cc1cc(Cl)ccc1OCc1ccc(Cl)cc1F.[Na+]. The Morgan fingerprint density at radius 2 is 1.74 bits per heavy atom. The predicted molar refractivity (Wildman–Crippen MR) is 113 cm³/mol. The molecule has 0 aliphatic carbocycles. The smallest absolute Gasteiger partial charge is 0.545 e. The van der Waals surface area contributed by atoms with Crippen molar-refractivity contribution in [3.05, 3.63) is 99.4 Å². The number of carboxylic acid groups (broad SMARTS) is 1. The van der Waals surface area contributed by atoms with Gasteiger partial charge in [0.1, 0.15) is 18.2 Å². The van der Waals surface area contributed by atoms with Crippen LogP contribution in [0.4, 0.5) is 4.39 Å². The molecule has 0 saturated carbocycles. The molecule has 4 aromatic rings. The van der Waals surface area contributed by atoms with Crippen LogP contribution in [0.15, 0.2) is 66.9 Å². The van der Waals surface area contributed by atoms with E-state index in [0.29, 0.717) is 33.3 Å². The zero-order chi connectivity index (χ0) is 21.3. The molecule has 0 radical (unpaired) electrons. The van der Waals surface area contributed by atoms with Crippen LogP contribution in [-0.4, -0.2) is 10.5 Å². The molecular formula is C23H15Cl2FNNaO3. The van der Waals surface area contributed by atoms with Gasteiger partial charge in [0.05, 0.1) is 12.5 Å². The molecule has 0 unspecified atom stereocenters. The minimum absolute atomic E-state index is 0. The normalized spacial score (nSPS) is 10.7. The molecule has 31 heavy (non-hydrogen) atoms. The number of hydrogen-bond donors (Lipinski definition) is 0. The zero-order valence-electron chi connectivity index (χ0n) is 16.6. The molecular weight excluding hydrogens is 451 g/mol. The number of carbonyl (C=O) groups is 1. The third kappa shape index (κ3) is 5.25. The number of aromatic carboxylic acids is 1. The van der Waals surface area contributed by atoms with E-state index in [9.17, 15) is 14.3 Å². The number of carbonyl (C=O) groups excluding carboxylic acids is 1. The Morgan fingerprint density at radius 1 is 1.00 bits per heavy atom. The second-order valence-electron chi connectivity index (χ2n) is 6.75. The summed E-state index contributed by atoms with van der Waals surface area (Å²) in [7, 11) is 0. The minimum atomic E-state index is -1.23. The summed E-state index contributed by atoms with van der Waals surface area (Å²) in [6.07, 6.45) is 1.79. The summed E-state index contributed by atoms with van der Waals surface area (Å²) in [5, 5.41) is 12.8. The number of carboxylic acids is 1. The first-order valence-electron chi connectivity index (χ1n) is 9.07. The fourth-order valence-electron chi connectivity index (χ4n) is 3.33. The van der Waals surface area contributed by atoms with E-state index >= 15 is 0 Å². The van der Waals surface area contributed by atoms with Gasteiger partial charge in [0.2, 0.25) is 0 Å². The molecule has 152 valence electrons. The fraction of sp³-hybridized carbons (Fsp3) is 0.0870. The van der Waals surface area contributed by atoms with Crippen molar-refractivity contribution in [3.8, 4) is 5.75 Å². The maximum atomic E-state index is 14.1. The van der Waals surface area contributed by atoms with Gasteiger partial charge in [-0.25, -0.2) is 4.39 Å². The van der Waals surface area contributed by atoms with Crippen LogP contribution in [0.3, 0.4) is 0 Å². The van der Waals surface area contributed by atoms with Crippen molar-refractivity contribution in [1.29, 1.82) is 0 Å². The van der Waals surface area contributed by atoms with Crippen LogP contribution in [0, 0.1) is 5.82 Å². The van der Waals surface area contributed by atoms with Gasteiger partial charge in [-0.2, -0.15) is 0 Å². The van der Waals surface area contributed by atoms with Crippen molar-refractivity contribution in [2.24, 2.45) is 0 Å². The molecule has 0 aliphatic heterocycles. The van der Waals surface area contributed by atoms with E-state index in [0.717, 1.165) is 11.1 Å². The van der Waals surface area contributed by atoms with Crippen molar-refractivity contribution >= 4 is 40.1 Å². The number of nitrogens with zero attached hydrogens (tertiary/aromatic N) is 1. The first kappa shape index (κ1) is 23.6. The van der Waals surface area contributed by atoms with E-state index in [1.165, 1.54) is 12.1 Å². The van der Waals surface area contributed by atoms with Gasteiger partial charge in [0.25, 0.3) is 0 Å². The summed E-state index contributed by atoms with van der Waals surface area (Å²) in [5.41, 5.74) is 2.02. The summed E-state index contributed by atoms with van der Waals surface area (Å²) in [6, 6.07) is 16.3. The number of fused-ring (bicyclic) bond motifs is 1. The molecule has 0 atom stereocenters. The second-order valence-corrected chi connectivity index (χ2v) is 7.62. The van der Waals surface area contributed by atoms with E-state index in [2.05, 4.69) is 0 Å². The van der Waals surface area contributed by atoms with Crippen molar-refractivity contribution in [1.82, 2.24) is 4.57 Å². The summed E-state index contributed by atoms with van der Waals surface area (Å²) in [6.45, 7) is 0.415. The molecule has 0 fully saturated rings. The Labute approximate surface area is 210 Å². The van der Waals surface area contributed by atoms with Gasteiger partial charge in [0.15, 0.2) is 0 Å². The van der Waals surface area contributed by atoms with Crippen LogP contribution in [0.5, 0.6) is 5.75 Å². The van der Waals surface area contributed by atoms with Gasteiger partial charge < -0.3 is 19.2 Å². The largest absolute Gasteiger partial charge is 1.00 e. The molecule has 8 heteroatoms. The minimum Gasteiger partial charge on any atom is -0.545 e. The van der Waals surface area contributed by atoms with Gasteiger partial charge >= 0.3 is 29.6 Å². The summed E-state index contributed by atoms with van der Waals surface area (Å²) < 4.78 is 21.8. The Kier molecular flexibility index (Phi) is 7.68. The number of halogens is 3. The van der Waals surface area contributed by atoms with E-state index < -0.39 is 11.8 Å².